The average molecular weight is 340 g/mol. The summed E-state index contributed by atoms with van der Waals surface area (Å²) in [6.07, 6.45) is 2.35. The van der Waals surface area contributed by atoms with Crippen LogP contribution in [0.2, 0.25) is 0 Å². The Morgan fingerprint density at radius 3 is 2.52 bits per heavy atom. The number of ether oxygens (including phenoxy) is 1. The molecule has 0 saturated heterocycles. The number of oxime groups is 1. The molecular weight excluding hydrogens is 317 g/mol. The van der Waals surface area contributed by atoms with E-state index in [9.17, 15) is 4.39 Å². The first-order valence-electron chi connectivity index (χ1n) is 7.41. The highest BCUT2D eigenvalue weighted by atomic mass is 35.5. The fourth-order valence-electron chi connectivity index (χ4n) is 2.05. The number of halogens is 2. The SMILES string of the molecule is C=C(CC(=C)C1CC1)OC.CC(F)c1ccccc1/C(Cl)=N\O. The molecule has 0 amide bonds. The van der Waals surface area contributed by atoms with Crippen molar-refractivity contribution >= 4 is 16.8 Å². The maximum atomic E-state index is 13.0. The Bertz CT molecular complexity index is 580. The first-order chi connectivity index (χ1) is 10.9. The van der Waals surface area contributed by atoms with Crippen LogP contribution in [0.25, 0.3) is 0 Å². The van der Waals surface area contributed by atoms with E-state index in [1.165, 1.54) is 25.3 Å². The lowest BCUT2D eigenvalue weighted by molar-refractivity contribution is 0.284. The second kappa shape index (κ2) is 9.36. The van der Waals surface area contributed by atoms with Gasteiger partial charge in [-0.3, -0.25) is 0 Å². The van der Waals surface area contributed by atoms with Crippen LogP contribution < -0.4 is 0 Å². The molecule has 1 N–H and O–H groups in total. The molecule has 1 unspecified atom stereocenters. The Hall–Kier alpha value is -1.81. The number of nitrogens with zero attached hydrogens (tertiary/aromatic N) is 1. The number of methoxy groups -OCH3 is 1. The van der Waals surface area contributed by atoms with Crippen LogP contribution in [-0.2, 0) is 4.74 Å². The van der Waals surface area contributed by atoms with Gasteiger partial charge in [0.05, 0.1) is 12.9 Å². The fourth-order valence-corrected chi connectivity index (χ4v) is 2.22. The van der Waals surface area contributed by atoms with E-state index in [-0.39, 0.29) is 5.17 Å². The Morgan fingerprint density at radius 1 is 1.43 bits per heavy atom. The quantitative estimate of drug-likeness (QED) is 0.241. The normalized spacial score (nSPS) is 15.2. The number of hydrogen-bond acceptors (Lipinski definition) is 3. The van der Waals surface area contributed by atoms with Gasteiger partial charge in [-0.2, -0.15) is 0 Å². The lowest BCUT2D eigenvalue weighted by Gasteiger charge is -2.07. The zero-order chi connectivity index (χ0) is 17.4. The van der Waals surface area contributed by atoms with Crippen LogP contribution in [-0.4, -0.2) is 17.5 Å². The van der Waals surface area contributed by atoms with E-state index in [4.69, 9.17) is 21.5 Å². The molecule has 2 rings (SSSR count). The van der Waals surface area contributed by atoms with Crippen molar-refractivity contribution < 1.29 is 14.3 Å². The third-order valence-electron chi connectivity index (χ3n) is 3.57. The molecule has 1 aromatic carbocycles. The summed E-state index contributed by atoms with van der Waals surface area (Å²) in [6, 6.07) is 6.62. The van der Waals surface area contributed by atoms with E-state index in [2.05, 4.69) is 18.3 Å². The summed E-state index contributed by atoms with van der Waals surface area (Å²) in [5.41, 5.74) is 2.12. The van der Waals surface area contributed by atoms with E-state index in [1.807, 2.05) is 0 Å². The zero-order valence-corrected chi connectivity index (χ0v) is 14.3. The van der Waals surface area contributed by atoms with Crippen molar-refractivity contribution in [3.63, 3.8) is 0 Å². The number of allylic oxidation sites excluding steroid dienone is 1. The van der Waals surface area contributed by atoms with E-state index < -0.39 is 6.17 Å². The van der Waals surface area contributed by atoms with Gasteiger partial charge in [-0.25, -0.2) is 4.39 Å². The van der Waals surface area contributed by atoms with Crippen LogP contribution in [0.5, 0.6) is 0 Å². The van der Waals surface area contributed by atoms with Gasteiger partial charge in [0.2, 0.25) is 0 Å². The summed E-state index contributed by atoms with van der Waals surface area (Å²) >= 11 is 5.57. The topological polar surface area (TPSA) is 41.8 Å². The van der Waals surface area contributed by atoms with Crippen LogP contribution in [0.3, 0.4) is 0 Å². The Labute approximate surface area is 142 Å². The Morgan fingerprint density at radius 2 is 2.04 bits per heavy atom. The van der Waals surface area contributed by atoms with Crippen molar-refractivity contribution in [3.05, 3.63) is 59.9 Å². The number of rotatable bonds is 6. The van der Waals surface area contributed by atoms with Crippen molar-refractivity contribution in [2.75, 3.05) is 7.11 Å². The van der Waals surface area contributed by atoms with Crippen LogP contribution in [0.1, 0.15) is 43.5 Å². The van der Waals surface area contributed by atoms with E-state index in [0.29, 0.717) is 11.1 Å². The van der Waals surface area contributed by atoms with Gasteiger partial charge in [0, 0.05) is 12.0 Å². The van der Waals surface area contributed by atoms with E-state index in [0.717, 1.165) is 18.1 Å². The second-order valence-electron chi connectivity index (χ2n) is 5.45. The summed E-state index contributed by atoms with van der Waals surface area (Å²) in [4.78, 5) is 0. The average Bonchev–Trinajstić information content (AvgIpc) is 3.39. The maximum absolute atomic E-state index is 13.0. The Kier molecular flexibility index (Phi) is 7.83. The summed E-state index contributed by atoms with van der Waals surface area (Å²) < 4.78 is 17.9. The molecule has 0 spiro atoms. The lowest BCUT2D eigenvalue weighted by Crippen LogP contribution is -1.99. The van der Waals surface area contributed by atoms with Crippen molar-refractivity contribution in [2.45, 2.75) is 32.4 Å². The van der Waals surface area contributed by atoms with Gasteiger partial charge in [-0.05, 0) is 31.2 Å². The van der Waals surface area contributed by atoms with Gasteiger partial charge in [0.25, 0.3) is 0 Å². The van der Waals surface area contributed by atoms with E-state index >= 15 is 0 Å². The number of benzene rings is 1. The molecule has 0 aliphatic heterocycles. The van der Waals surface area contributed by atoms with Crippen molar-refractivity contribution in [3.8, 4) is 0 Å². The molecular formula is C18H23ClFNO2. The molecule has 1 aliphatic rings. The van der Waals surface area contributed by atoms with Gasteiger partial charge in [-0.1, -0.05) is 59.8 Å². The standard InChI is InChI=1S/C9H9ClFNO.C9H14O/c1-6(11)7-4-2-3-5-8(7)9(10)12-13;1-7(9-4-5-9)6-8(2)10-3/h2-6,13H,1H3;9H,1-2,4-6H2,3H3/b12-9+;. The highest BCUT2D eigenvalue weighted by Gasteiger charge is 2.24. The highest BCUT2D eigenvalue weighted by Crippen LogP contribution is 2.37. The fraction of sp³-hybridized carbons (Fsp3) is 0.389. The second-order valence-corrected chi connectivity index (χ2v) is 5.80. The molecule has 0 radical (unpaired) electrons. The minimum Gasteiger partial charge on any atom is -0.501 e. The van der Waals surface area contributed by atoms with Crippen LogP contribution >= 0.6 is 11.6 Å². The first-order valence-corrected chi connectivity index (χ1v) is 7.78. The van der Waals surface area contributed by atoms with Crippen LogP contribution in [0.4, 0.5) is 4.39 Å². The summed E-state index contributed by atoms with van der Waals surface area (Å²) in [5.74, 6) is 1.60. The largest absolute Gasteiger partial charge is 0.501 e. The molecule has 1 atom stereocenters. The van der Waals surface area contributed by atoms with Crippen molar-refractivity contribution in [1.82, 2.24) is 0 Å². The van der Waals surface area contributed by atoms with Gasteiger partial charge >= 0.3 is 0 Å². The van der Waals surface area contributed by atoms with Crippen molar-refractivity contribution in [2.24, 2.45) is 11.1 Å². The molecule has 1 aromatic rings. The van der Waals surface area contributed by atoms with Crippen molar-refractivity contribution in [1.29, 1.82) is 0 Å². The molecule has 0 aromatic heterocycles. The Balaban J connectivity index is 0.000000238. The summed E-state index contributed by atoms with van der Waals surface area (Å²) in [5, 5.41) is 11.1. The van der Waals surface area contributed by atoms with Gasteiger partial charge in [0.1, 0.15) is 6.17 Å². The van der Waals surface area contributed by atoms with Gasteiger partial charge in [-0.15, -0.1) is 0 Å². The molecule has 3 nitrogen and oxygen atoms in total. The molecule has 23 heavy (non-hydrogen) atoms. The summed E-state index contributed by atoms with van der Waals surface area (Å²) in [7, 11) is 1.66. The lowest BCUT2D eigenvalue weighted by atomic mass is 10.1. The molecule has 126 valence electrons. The van der Waals surface area contributed by atoms with E-state index in [1.54, 1.807) is 31.4 Å². The highest BCUT2D eigenvalue weighted by molar-refractivity contribution is 6.69. The molecule has 1 saturated carbocycles. The minimum absolute atomic E-state index is 0.0971. The molecule has 1 aliphatic carbocycles. The van der Waals surface area contributed by atoms with Crippen LogP contribution in [0, 0.1) is 5.92 Å². The van der Waals surface area contributed by atoms with Crippen LogP contribution in [0.15, 0.2) is 53.9 Å². The predicted octanol–water partition coefficient (Wildman–Crippen LogP) is 5.59. The third kappa shape index (κ3) is 6.45. The molecule has 5 heteroatoms. The van der Waals surface area contributed by atoms with Gasteiger partial charge in [0.15, 0.2) is 5.17 Å². The molecule has 0 bridgehead atoms. The predicted molar refractivity (Wildman–Crippen MR) is 92.8 cm³/mol. The molecule has 1 fully saturated rings. The minimum atomic E-state index is -1.13. The monoisotopic (exact) mass is 339 g/mol. The maximum Gasteiger partial charge on any atom is 0.175 e. The summed E-state index contributed by atoms with van der Waals surface area (Å²) in [6.45, 7) is 9.11. The number of hydrogen-bond donors (Lipinski definition) is 1. The molecule has 0 heterocycles. The first kappa shape index (κ1) is 19.2. The zero-order valence-electron chi connectivity index (χ0n) is 13.6. The third-order valence-corrected chi connectivity index (χ3v) is 3.85. The van der Waals surface area contributed by atoms with Gasteiger partial charge < -0.3 is 9.94 Å². The smallest absolute Gasteiger partial charge is 0.175 e. The number of alkyl halides is 1.